The molecule has 2 aliphatic heterocycles. The molecular weight excluding hydrogens is 310 g/mol. The molecule has 0 aromatic heterocycles. The van der Waals surface area contributed by atoms with Crippen molar-refractivity contribution in [2.24, 2.45) is 5.92 Å². The van der Waals surface area contributed by atoms with Crippen LogP contribution >= 0.6 is 0 Å². The summed E-state index contributed by atoms with van der Waals surface area (Å²) in [6.07, 6.45) is 10.8. The van der Waals surface area contributed by atoms with E-state index in [-0.39, 0.29) is 6.10 Å². The molecule has 1 aromatic carbocycles. The van der Waals surface area contributed by atoms with Crippen molar-refractivity contribution in [1.82, 2.24) is 0 Å². The Labute approximate surface area is 152 Å². The molecule has 0 N–H and O–H groups in total. The number of nitrogens with zero attached hydrogens (tertiary/aromatic N) is 1. The summed E-state index contributed by atoms with van der Waals surface area (Å²) in [4.78, 5) is 0. The third-order valence-electron chi connectivity index (χ3n) is 6.68. The van der Waals surface area contributed by atoms with E-state index in [9.17, 15) is 0 Å². The molecule has 1 aromatic rings. The molecule has 0 amide bonds. The van der Waals surface area contributed by atoms with Gasteiger partial charge in [0.1, 0.15) is 12.6 Å². The Morgan fingerprint density at radius 3 is 2.36 bits per heavy atom. The van der Waals surface area contributed by atoms with Crippen LogP contribution in [0.3, 0.4) is 0 Å². The molecule has 3 heteroatoms. The van der Waals surface area contributed by atoms with Gasteiger partial charge in [-0.15, -0.1) is 0 Å². The van der Waals surface area contributed by atoms with Gasteiger partial charge >= 0.3 is 0 Å². The summed E-state index contributed by atoms with van der Waals surface area (Å²) < 4.78 is 14.5. The summed E-state index contributed by atoms with van der Waals surface area (Å²) in [7, 11) is 2.41. The number of likely N-dealkylation sites (N-methyl/N-ethyl adjacent to an activating group) is 1. The third kappa shape index (κ3) is 3.65. The zero-order valence-corrected chi connectivity index (χ0v) is 15.8. The highest BCUT2D eigenvalue weighted by Gasteiger charge is 2.50. The molecule has 0 radical (unpaired) electrons. The maximum absolute atomic E-state index is 6.80. The second kappa shape index (κ2) is 7.38. The molecular formula is C22H34NO2+. The number of benzene rings is 1. The average molecular weight is 345 g/mol. The number of piperidine rings is 1. The lowest BCUT2D eigenvalue weighted by molar-refractivity contribution is -0.916. The van der Waals surface area contributed by atoms with Crippen LogP contribution in [0.4, 0.5) is 0 Å². The van der Waals surface area contributed by atoms with Crippen LogP contribution in [0.5, 0.6) is 0 Å². The fourth-order valence-corrected chi connectivity index (χ4v) is 5.33. The SMILES string of the molecule is C[N+]1(C[C@@H]2CO[C@](c3ccccc3)(C3CCCCC3)O2)CCCCC1. The first-order chi connectivity index (χ1) is 12.2. The van der Waals surface area contributed by atoms with Gasteiger partial charge in [0.05, 0.1) is 26.7 Å². The largest absolute Gasteiger partial charge is 0.343 e. The quantitative estimate of drug-likeness (QED) is 0.751. The second-order valence-electron chi connectivity index (χ2n) is 8.73. The molecule has 1 saturated carbocycles. The van der Waals surface area contributed by atoms with E-state index in [2.05, 4.69) is 37.4 Å². The Morgan fingerprint density at radius 2 is 1.64 bits per heavy atom. The van der Waals surface area contributed by atoms with Crippen LogP contribution in [0, 0.1) is 5.92 Å². The number of ether oxygens (including phenoxy) is 2. The molecule has 0 bridgehead atoms. The first-order valence-corrected chi connectivity index (χ1v) is 10.4. The summed E-state index contributed by atoms with van der Waals surface area (Å²) in [5, 5.41) is 0. The highest BCUT2D eigenvalue weighted by atomic mass is 16.7. The van der Waals surface area contributed by atoms with Gasteiger partial charge in [0.25, 0.3) is 0 Å². The van der Waals surface area contributed by atoms with Crippen LogP contribution in [0.15, 0.2) is 30.3 Å². The summed E-state index contributed by atoms with van der Waals surface area (Å²) in [5.74, 6) is 0.00157. The number of hydrogen-bond donors (Lipinski definition) is 0. The molecule has 2 atom stereocenters. The first-order valence-electron chi connectivity index (χ1n) is 10.4. The Hall–Kier alpha value is -0.900. The molecule has 3 aliphatic rings. The van der Waals surface area contributed by atoms with E-state index in [0.717, 1.165) is 17.6 Å². The van der Waals surface area contributed by atoms with Crippen LogP contribution in [0.1, 0.15) is 56.9 Å². The molecule has 3 nitrogen and oxygen atoms in total. The standard InChI is InChI=1S/C22H34NO2/c1-23(15-9-4-10-16-23)17-21-18-24-22(25-21,19-11-5-2-6-12-19)20-13-7-3-8-14-20/h2,5-6,11-12,20-21H,3-4,7-10,13-18H2,1H3/q+1/t21-,22+/m1/s1. The van der Waals surface area contributed by atoms with Gasteiger partial charge in [-0.25, -0.2) is 0 Å². The van der Waals surface area contributed by atoms with E-state index >= 15 is 0 Å². The minimum atomic E-state index is -0.499. The lowest BCUT2D eigenvalue weighted by atomic mass is 9.80. The summed E-state index contributed by atoms with van der Waals surface area (Å²) in [5.41, 5.74) is 1.23. The van der Waals surface area contributed by atoms with Crippen molar-refractivity contribution in [2.75, 3.05) is 33.3 Å². The topological polar surface area (TPSA) is 18.5 Å². The second-order valence-corrected chi connectivity index (χ2v) is 8.73. The fourth-order valence-electron chi connectivity index (χ4n) is 5.33. The third-order valence-corrected chi connectivity index (χ3v) is 6.68. The Balaban J connectivity index is 1.53. The predicted octanol–water partition coefficient (Wildman–Crippen LogP) is 4.47. The van der Waals surface area contributed by atoms with Crippen LogP contribution < -0.4 is 0 Å². The van der Waals surface area contributed by atoms with Crippen molar-refractivity contribution >= 4 is 0 Å². The molecule has 0 unspecified atom stereocenters. The number of quaternary nitrogens is 1. The van der Waals surface area contributed by atoms with Crippen molar-refractivity contribution in [2.45, 2.75) is 63.3 Å². The van der Waals surface area contributed by atoms with E-state index in [4.69, 9.17) is 9.47 Å². The molecule has 1 aliphatic carbocycles. The summed E-state index contributed by atoms with van der Waals surface area (Å²) in [6, 6.07) is 10.7. The van der Waals surface area contributed by atoms with Crippen LogP contribution in [-0.4, -0.2) is 43.9 Å². The van der Waals surface area contributed by atoms with Gasteiger partial charge < -0.3 is 14.0 Å². The van der Waals surface area contributed by atoms with Crippen LogP contribution in [0.2, 0.25) is 0 Å². The van der Waals surface area contributed by atoms with Crippen LogP contribution in [0.25, 0.3) is 0 Å². The number of hydrogen-bond acceptors (Lipinski definition) is 2. The van der Waals surface area contributed by atoms with Crippen molar-refractivity contribution in [3.63, 3.8) is 0 Å². The monoisotopic (exact) mass is 344 g/mol. The summed E-state index contributed by atoms with van der Waals surface area (Å²) >= 11 is 0. The maximum atomic E-state index is 6.80. The zero-order valence-electron chi connectivity index (χ0n) is 15.8. The molecule has 0 spiro atoms. The van der Waals surface area contributed by atoms with E-state index in [1.165, 1.54) is 70.0 Å². The van der Waals surface area contributed by atoms with Crippen molar-refractivity contribution < 1.29 is 14.0 Å². The van der Waals surface area contributed by atoms with Crippen molar-refractivity contribution in [3.8, 4) is 0 Å². The smallest absolute Gasteiger partial charge is 0.198 e. The average Bonchev–Trinajstić information content (AvgIpc) is 3.08. The van der Waals surface area contributed by atoms with Crippen molar-refractivity contribution in [3.05, 3.63) is 35.9 Å². The van der Waals surface area contributed by atoms with Gasteiger partial charge in [0.15, 0.2) is 5.79 Å². The maximum Gasteiger partial charge on any atom is 0.198 e. The van der Waals surface area contributed by atoms with Gasteiger partial charge in [-0.3, -0.25) is 0 Å². The van der Waals surface area contributed by atoms with E-state index in [0.29, 0.717) is 5.92 Å². The molecule has 3 fully saturated rings. The lowest BCUT2D eigenvalue weighted by Gasteiger charge is -2.41. The lowest BCUT2D eigenvalue weighted by Crippen LogP contribution is -2.52. The van der Waals surface area contributed by atoms with Gasteiger partial charge in [-0.1, -0.05) is 49.6 Å². The number of likely N-dealkylation sites (tertiary alicyclic amines) is 1. The van der Waals surface area contributed by atoms with Gasteiger partial charge in [-0.2, -0.15) is 0 Å². The van der Waals surface area contributed by atoms with E-state index in [1.54, 1.807) is 0 Å². The Morgan fingerprint density at radius 1 is 0.960 bits per heavy atom. The summed E-state index contributed by atoms with van der Waals surface area (Å²) in [6.45, 7) is 4.43. The fraction of sp³-hybridized carbons (Fsp3) is 0.727. The molecule has 2 saturated heterocycles. The highest BCUT2D eigenvalue weighted by Crippen LogP contribution is 2.47. The van der Waals surface area contributed by atoms with Gasteiger partial charge in [0.2, 0.25) is 0 Å². The van der Waals surface area contributed by atoms with Gasteiger partial charge in [0, 0.05) is 11.5 Å². The van der Waals surface area contributed by atoms with E-state index < -0.39 is 5.79 Å². The normalized spacial score (nSPS) is 33.4. The van der Waals surface area contributed by atoms with Crippen molar-refractivity contribution in [1.29, 1.82) is 0 Å². The Kier molecular flexibility index (Phi) is 5.17. The minimum absolute atomic E-state index is 0.227. The minimum Gasteiger partial charge on any atom is -0.343 e. The van der Waals surface area contributed by atoms with E-state index in [1.807, 2.05) is 0 Å². The predicted molar refractivity (Wildman–Crippen MR) is 100 cm³/mol. The zero-order chi connectivity index (χ0) is 17.2. The van der Waals surface area contributed by atoms with Crippen LogP contribution in [-0.2, 0) is 15.3 Å². The number of rotatable bonds is 4. The molecule has 25 heavy (non-hydrogen) atoms. The van der Waals surface area contributed by atoms with Gasteiger partial charge in [-0.05, 0) is 32.1 Å². The molecule has 2 heterocycles. The Bertz CT molecular complexity index is 548. The first kappa shape index (κ1) is 17.5. The molecule has 138 valence electrons. The molecule has 4 rings (SSSR count). The highest BCUT2D eigenvalue weighted by molar-refractivity contribution is 5.22.